The van der Waals surface area contributed by atoms with Crippen LogP contribution < -0.4 is 5.32 Å². The normalized spacial score (nSPS) is 14.9. The Morgan fingerprint density at radius 3 is 2.67 bits per heavy atom. The van der Waals surface area contributed by atoms with E-state index in [0.717, 1.165) is 11.3 Å². The van der Waals surface area contributed by atoms with E-state index in [1.54, 1.807) is 16.8 Å². The average molecular weight is 470 g/mol. The van der Waals surface area contributed by atoms with Crippen LogP contribution in [0, 0.1) is 5.92 Å². The molecule has 7 nitrogen and oxygen atoms in total. The Morgan fingerprint density at radius 1 is 1.30 bits per heavy atom. The van der Waals surface area contributed by atoms with E-state index in [0.29, 0.717) is 39.1 Å². The molecule has 1 atom stereocenters. The number of amides is 1. The smallest absolute Gasteiger partial charge is 0.408 e. The number of thioether (sulfide) groups is 1. The fourth-order valence-corrected chi connectivity index (χ4v) is 4.32. The Balaban J connectivity index is 1.94. The van der Waals surface area contributed by atoms with Crippen LogP contribution in [0.25, 0.3) is 0 Å². The lowest BCUT2D eigenvalue weighted by molar-refractivity contribution is 0.0494. The van der Waals surface area contributed by atoms with Crippen LogP contribution in [-0.2, 0) is 4.74 Å². The summed E-state index contributed by atoms with van der Waals surface area (Å²) in [6, 6.07) is 4.93. The molecule has 0 bridgehead atoms. The largest absolute Gasteiger partial charge is 0.444 e. The molecule has 2 heterocycles. The second-order valence-corrected chi connectivity index (χ2v) is 10.2. The molecular formula is C20H25Cl2N5O2S. The second kappa shape index (κ2) is 9.16. The number of rotatable bonds is 5. The zero-order chi connectivity index (χ0) is 22.1. The summed E-state index contributed by atoms with van der Waals surface area (Å²) in [5.41, 5.74) is 0.999. The topological polar surface area (TPSA) is 81.4 Å². The van der Waals surface area contributed by atoms with Crippen LogP contribution in [0.1, 0.15) is 58.5 Å². The van der Waals surface area contributed by atoms with Crippen LogP contribution in [0.4, 0.5) is 4.79 Å². The van der Waals surface area contributed by atoms with E-state index in [1.165, 1.54) is 11.8 Å². The van der Waals surface area contributed by atoms with Gasteiger partial charge in [0, 0.05) is 16.3 Å². The first kappa shape index (κ1) is 22.9. The number of nitrogens with one attached hydrogen (secondary N) is 1. The monoisotopic (exact) mass is 469 g/mol. The molecule has 0 radical (unpaired) electrons. The van der Waals surface area contributed by atoms with E-state index in [4.69, 9.17) is 33.0 Å². The van der Waals surface area contributed by atoms with Crippen LogP contribution in [0.3, 0.4) is 0 Å². The molecular weight excluding hydrogens is 445 g/mol. The molecule has 0 spiro atoms. The van der Waals surface area contributed by atoms with Crippen molar-refractivity contribution in [2.75, 3.05) is 5.75 Å². The van der Waals surface area contributed by atoms with Crippen molar-refractivity contribution in [1.29, 1.82) is 0 Å². The molecule has 0 saturated heterocycles. The lowest BCUT2D eigenvalue weighted by Gasteiger charge is -2.24. The van der Waals surface area contributed by atoms with Gasteiger partial charge in [-0.05, 0) is 45.2 Å². The predicted molar refractivity (Wildman–Crippen MR) is 121 cm³/mol. The van der Waals surface area contributed by atoms with Gasteiger partial charge in [0.25, 0.3) is 0 Å². The molecule has 1 aliphatic rings. The molecule has 1 N–H and O–H groups in total. The quantitative estimate of drug-likeness (QED) is 0.619. The van der Waals surface area contributed by atoms with Gasteiger partial charge in [-0.1, -0.05) is 54.9 Å². The van der Waals surface area contributed by atoms with E-state index in [9.17, 15) is 4.79 Å². The first-order valence-corrected chi connectivity index (χ1v) is 11.4. The fourth-order valence-electron chi connectivity index (χ4n) is 2.97. The number of hydrogen-bond donors (Lipinski definition) is 1. The number of fused-ring (bicyclic) bond motifs is 1. The summed E-state index contributed by atoms with van der Waals surface area (Å²) in [7, 11) is 0. The molecule has 1 aromatic carbocycles. The summed E-state index contributed by atoms with van der Waals surface area (Å²) in [6.45, 7) is 9.63. The SMILES string of the molecule is CC(C)CC(NC(=O)OC(C)(C)C)c1nnc2n1N=C(c1ccc(Cl)cc1Cl)CS2. The lowest BCUT2D eigenvalue weighted by atomic mass is 10.0. The number of benzene rings is 1. The summed E-state index contributed by atoms with van der Waals surface area (Å²) < 4.78 is 7.11. The van der Waals surface area contributed by atoms with Gasteiger partial charge in [-0.25, -0.2) is 4.79 Å². The molecule has 162 valence electrons. The maximum atomic E-state index is 12.4. The summed E-state index contributed by atoms with van der Waals surface area (Å²) in [5, 5.41) is 18.0. The van der Waals surface area contributed by atoms with Crippen LogP contribution in [0.15, 0.2) is 28.5 Å². The maximum absolute atomic E-state index is 12.4. The molecule has 1 amide bonds. The fraction of sp³-hybridized carbons (Fsp3) is 0.500. The van der Waals surface area contributed by atoms with Crippen LogP contribution in [0.5, 0.6) is 0 Å². The summed E-state index contributed by atoms with van der Waals surface area (Å²) in [4.78, 5) is 12.4. The summed E-state index contributed by atoms with van der Waals surface area (Å²) in [6.07, 6.45) is 0.160. The number of hydrogen-bond acceptors (Lipinski definition) is 6. The van der Waals surface area contributed by atoms with E-state index >= 15 is 0 Å². The maximum Gasteiger partial charge on any atom is 0.408 e. The van der Waals surface area contributed by atoms with Crippen molar-refractivity contribution in [2.45, 2.75) is 57.8 Å². The Hall–Kier alpha value is -1.77. The second-order valence-electron chi connectivity index (χ2n) is 8.44. The molecule has 1 aliphatic heterocycles. The third-order valence-electron chi connectivity index (χ3n) is 4.15. The van der Waals surface area contributed by atoms with E-state index < -0.39 is 17.7 Å². The number of aromatic nitrogens is 3. The number of alkyl carbamates (subject to hydrolysis) is 1. The van der Waals surface area contributed by atoms with E-state index in [2.05, 4.69) is 29.4 Å². The van der Waals surface area contributed by atoms with Crippen LogP contribution in [0.2, 0.25) is 10.0 Å². The Labute approximate surface area is 190 Å². The molecule has 0 aliphatic carbocycles. The van der Waals surface area contributed by atoms with Gasteiger partial charge in [0.05, 0.1) is 16.8 Å². The lowest BCUT2D eigenvalue weighted by Crippen LogP contribution is -2.36. The van der Waals surface area contributed by atoms with Crippen molar-refractivity contribution >= 4 is 46.8 Å². The minimum absolute atomic E-state index is 0.309. The Bertz CT molecular complexity index is 969. The number of halogens is 2. The highest BCUT2D eigenvalue weighted by molar-refractivity contribution is 7.99. The van der Waals surface area contributed by atoms with Crippen molar-refractivity contribution in [3.05, 3.63) is 39.6 Å². The summed E-state index contributed by atoms with van der Waals surface area (Å²) >= 11 is 13.9. The van der Waals surface area contributed by atoms with E-state index in [-0.39, 0.29) is 0 Å². The van der Waals surface area contributed by atoms with Crippen molar-refractivity contribution in [3.63, 3.8) is 0 Å². The number of carbonyl (C=O) groups is 1. The zero-order valence-corrected chi connectivity index (χ0v) is 19.9. The molecule has 10 heteroatoms. The molecule has 3 rings (SSSR count). The first-order valence-electron chi connectivity index (χ1n) is 9.64. The molecule has 0 saturated carbocycles. The van der Waals surface area contributed by atoms with E-state index in [1.807, 2.05) is 26.8 Å². The third-order valence-corrected chi connectivity index (χ3v) is 5.63. The average Bonchev–Trinajstić information content (AvgIpc) is 3.02. The minimum atomic E-state index is -0.594. The molecule has 30 heavy (non-hydrogen) atoms. The molecule has 0 fully saturated rings. The zero-order valence-electron chi connectivity index (χ0n) is 17.6. The standard InChI is InChI=1S/C20H25Cl2N5O2S/c1-11(2)8-15(23-19(28)29-20(3,4)5)17-24-25-18-27(17)26-16(10-30-18)13-7-6-12(21)9-14(13)22/h6-7,9,11,15H,8,10H2,1-5H3,(H,23,28). The van der Waals surface area contributed by atoms with Crippen molar-refractivity contribution < 1.29 is 9.53 Å². The van der Waals surface area contributed by atoms with Gasteiger partial charge in [0.15, 0.2) is 5.82 Å². The van der Waals surface area contributed by atoms with Crippen LogP contribution in [-0.4, -0.2) is 38.0 Å². The van der Waals surface area contributed by atoms with Gasteiger partial charge in [0.2, 0.25) is 5.16 Å². The highest BCUT2D eigenvalue weighted by atomic mass is 35.5. The van der Waals surface area contributed by atoms with Gasteiger partial charge in [-0.2, -0.15) is 9.78 Å². The van der Waals surface area contributed by atoms with Gasteiger partial charge in [-0.3, -0.25) is 0 Å². The van der Waals surface area contributed by atoms with Crippen LogP contribution >= 0.6 is 35.0 Å². The van der Waals surface area contributed by atoms with Gasteiger partial charge >= 0.3 is 6.09 Å². The molecule has 2 aromatic rings. The predicted octanol–water partition coefficient (Wildman–Crippen LogP) is 5.55. The Kier molecular flexibility index (Phi) is 6.99. The summed E-state index contributed by atoms with van der Waals surface area (Å²) in [5.74, 6) is 1.47. The molecule has 1 aromatic heterocycles. The highest BCUT2D eigenvalue weighted by Gasteiger charge is 2.29. The first-order chi connectivity index (χ1) is 14.0. The molecule has 1 unspecified atom stereocenters. The van der Waals surface area contributed by atoms with Crippen molar-refractivity contribution in [2.24, 2.45) is 11.0 Å². The Morgan fingerprint density at radius 2 is 2.03 bits per heavy atom. The minimum Gasteiger partial charge on any atom is -0.444 e. The van der Waals surface area contributed by atoms with Crippen molar-refractivity contribution in [3.8, 4) is 0 Å². The third kappa shape index (κ3) is 5.68. The van der Waals surface area contributed by atoms with Gasteiger partial charge < -0.3 is 10.1 Å². The van der Waals surface area contributed by atoms with Gasteiger partial charge in [-0.15, -0.1) is 10.2 Å². The van der Waals surface area contributed by atoms with Gasteiger partial charge in [0.1, 0.15) is 5.60 Å². The highest BCUT2D eigenvalue weighted by Crippen LogP contribution is 2.31. The van der Waals surface area contributed by atoms with Crippen molar-refractivity contribution in [1.82, 2.24) is 20.2 Å². The number of ether oxygens (including phenoxy) is 1. The number of nitrogens with zero attached hydrogens (tertiary/aromatic N) is 4. The number of carbonyl (C=O) groups excluding carboxylic acids is 1.